The monoisotopic (exact) mass is 401 g/mol. The van der Waals surface area contributed by atoms with Crippen LogP contribution in [0.15, 0.2) is 41.0 Å². The number of benzene rings is 1. The van der Waals surface area contributed by atoms with E-state index in [0.717, 1.165) is 10.0 Å². The van der Waals surface area contributed by atoms with E-state index in [1.54, 1.807) is 41.8 Å². The first-order chi connectivity index (χ1) is 11.9. The van der Waals surface area contributed by atoms with Gasteiger partial charge in [-0.05, 0) is 53.5 Å². The van der Waals surface area contributed by atoms with Crippen LogP contribution in [-0.4, -0.2) is 28.4 Å². The van der Waals surface area contributed by atoms with Crippen LogP contribution < -0.4 is 5.32 Å². The van der Waals surface area contributed by atoms with Crippen LogP contribution in [0.1, 0.15) is 32.1 Å². The number of nitrogens with one attached hydrogen (secondary N) is 1. The lowest BCUT2D eigenvalue weighted by Crippen LogP contribution is -2.18. The molecule has 128 valence electrons. The van der Waals surface area contributed by atoms with E-state index in [1.165, 1.54) is 7.11 Å². The minimum absolute atomic E-state index is 0.294. The Morgan fingerprint density at radius 1 is 1.24 bits per heavy atom. The van der Waals surface area contributed by atoms with E-state index in [9.17, 15) is 9.59 Å². The molecule has 1 amide bonds. The van der Waals surface area contributed by atoms with Crippen molar-refractivity contribution in [2.24, 2.45) is 0 Å². The number of fused-ring (bicyclic) bond motifs is 1. The maximum Gasteiger partial charge on any atom is 0.339 e. The molecule has 0 radical (unpaired) electrons. The lowest BCUT2D eigenvalue weighted by atomic mass is 10.1. The number of para-hydroxylation sites is 1. The molecule has 7 heteroatoms. The molecule has 0 saturated heterocycles. The molecule has 25 heavy (non-hydrogen) atoms. The molecule has 6 nitrogen and oxygen atoms in total. The number of nitrogens with zero attached hydrogens (tertiary/aromatic N) is 2. The van der Waals surface area contributed by atoms with E-state index < -0.39 is 5.97 Å². The van der Waals surface area contributed by atoms with Crippen molar-refractivity contribution in [2.75, 3.05) is 12.4 Å². The molecule has 2 heterocycles. The molecule has 0 saturated carbocycles. The molecule has 0 fully saturated rings. The summed E-state index contributed by atoms with van der Waals surface area (Å²) in [5, 5.41) is 2.78. The van der Waals surface area contributed by atoms with Gasteiger partial charge in [0.2, 0.25) is 0 Å². The Bertz CT molecular complexity index is 995. The summed E-state index contributed by atoms with van der Waals surface area (Å²) in [6, 6.07) is 8.65. The van der Waals surface area contributed by atoms with Gasteiger partial charge < -0.3 is 10.1 Å². The van der Waals surface area contributed by atoms with Crippen LogP contribution in [0, 0.1) is 13.8 Å². The second-order valence-corrected chi connectivity index (χ2v) is 6.49. The summed E-state index contributed by atoms with van der Waals surface area (Å²) in [5.74, 6) is -0.858. The van der Waals surface area contributed by atoms with Crippen LogP contribution in [0.25, 0.3) is 5.65 Å². The number of aryl methyl sites for hydroxylation is 2. The van der Waals surface area contributed by atoms with E-state index in [0.29, 0.717) is 28.3 Å². The number of imidazole rings is 1. The van der Waals surface area contributed by atoms with Gasteiger partial charge in [0.15, 0.2) is 0 Å². The quantitative estimate of drug-likeness (QED) is 0.678. The van der Waals surface area contributed by atoms with Gasteiger partial charge in [-0.1, -0.05) is 12.1 Å². The number of anilines is 1. The molecule has 0 bridgehead atoms. The highest BCUT2D eigenvalue weighted by Crippen LogP contribution is 2.22. The van der Waals surface area contributed by atoms with Crippen molar-refractivity contribution in [3.8, 4) is 0 Å². The highest BCUT2D eigenvalue weighted by atomic mass is 79.9. The Hall–Kier alpha value is -2.67. The molecule has 0 aliphatic carbocycles. The van der Waals surface area contributed by atoms with E-state index >= 15 is 0 Å². The fourth-order valence-corrected chi connectivity index (χ4v) is 3.27. The number of aromatic nitrogens is 2. The maximum atomic E-state index is 12.9. The molecule has 3 aromatic rings. The summed E-state index contributed by atoms with van der Waals surface area (Å²) in [5.41, 5.74) is 3.37. The van der Waals surface area contributed by atoms with E-state index in [4.69, 9.17) is 4.74 Å². The molecule has 0 unspecified atom stereocenters. The molecule has 0 atom stereocenters. The standard InChI is InChI=1S/C18H16BrN3O3/c1-10-8-12(19)9-22-15(11(2)20-16(10)22)17(23)21-14-7-5-4-6-13(14)18(24)25-3/h4-9H,1-3H3,(H,21,23). The minimum atomic E-state index is -0.510. The SMILES string of the molecule is COC(=O)c1ccccc1NC(=O)c1c(C)nc2c(C)cc(Br)cn12. The van der Waals surface area contributed by atoms with Gasteiger partial charge in [0.25, 0.3) is 5.91 Å². The second kappa shape index (κ2) is 6.68. The summed E-state index contributed by atoms with van der Waals surface area (Å²) in [6.45, 7) is 3.71. The van der Waals surface area contributed by atoms with Gasteiger partial charge in [-0.25, -0.2) is 9.78 Å². The smallest absolute Gasteiger partial charge is 0.339 e. The third-order valence-electron chi connectivity index (χ3n) is 3.84. The van der Waals surface area contributed by atoms with Crippen molar-refractivity contribution in [3.63, 3.8) is 0 Å². The summed E-state index contributed by atoms with van der Waals surface area (Å²) >= 11 is 3.44. The molecule has 0 spiro atoms. The molecule has 2 aromatic heterocycles. The molecule has 1 N–H and O–H groups in total. The highest BCUT2D eigenvalue weighted by Gasteiger charge is 2.20. The van der Waals surface area contributed by atoms with Gasteiger partial charge in [-0.15, -0.1) is 0 Å². The van der Waals surface area contributed by atoms with E-state index in [2.05, 4.69) is 26.2 Å². The Kier molecular flexibility index (Phi) is 4.59. The zero-order valence-corrected chi connectivity index (χ0v) is 15.5. The average molecular weight is 402 g/mol. The number of carbonyl (C=O) groups is 2. The molecule has 1 aromatic carbocycles. The highest BCUT2D eigenvalue weighted by molar-refractivity contribution is 9.10. The number of carbonyl (C=O) groups excluding carboxylic acids is 2. The van der Waals surface area contributed by atoms with Gasteiger partial charge in [-0.2, -0.15) is 0 Å². The molecule has 3 rings (SSSR count). The topological polar surface area (TPSA) is 72.7 Å². The van der Waals surface area contributed by atoms with Gasteiger partial charge in [0.05, 0.1) is 24.1 Å². The van der Waals surface area contributed by atoms with Crippen molar-refractivity contribution in [1.82, 2.24) is 9.38 Å². The predicted octanol–water partition coefficient (Wildman–Crippen LogP) is 3.75. The van der Waals surface area contributed by atoms with E-state index in [-0.39, 0.29) is 5.91 Å². The summed E-state index contributed by atoms with van der Waals surface area (Å²) in [7, 11) is 1.30. The number of halogens is 1. The van der Waals surface area contributed by atoms with Crippen LogP contribution in [0.4, 0.5) is 5.69 Å². The normalized spacial score (nSPS) is 10.7. The van der Waals surface area contributed by atoms with Gasteiger partial charge in [0, 0.05) is 10.7 Å². The van der Waals surface area contributed by atoms with Crippen LogP contribution in [0.2, 0.25) is 0 Å². The Balaban J connectivity index is 2.05. The van der Waals surface area contributed by atoms with Gasteiger partial charge in [-0.3, -0.25) is 9.20 Å². The largest absolute Gasteiger partial charge is 0.465 e. The summed E-state index contributed by atoms with van der Waals surface area (Å²) in [4.78, 5) is 29.2. The number of esters is 1. The first-order valence-corrected chi connectivity index (χ1v) is 8.35. The zero-order chi connectivity index (χ0) is 18.1. The number of ether oxygens (including phenoxy) is 1. The number of pyridine rings is 1. The van der Waals surface area contributed by atoms with Crippen molar-refractivity contribution < 1.29 is 14.3 Å². The number of hydrogen-bond donors (Lipinski definition) is 1. The van der Waals surface area contributed by atoms with Crippen LogP contribution >= 0.6 is 15.9 Å². The Morgan fingerprint density at radius 2 is 1.96 bits per heavy atom. The first-order valence-electron chi connectivity index (χ1n) is 7.56. The van der Waals surface area contributed by atoms with Crippen molar-refractivity contribution >= 4 is 39.1 Å². The molecule has 0 aliphatic rings. The van der Waals surface area contributed by atoms with Crippen molar-refractivity contribution in [2.45, 2.75) is 13.8 Å². The second-order valence-electron chi connectivity index (χ2n) is 5.57. The van der Waals surface area contributed by atoms with Gasteiger partial charge >= 0.3 is 5.97 Å². The van der Waals surface area contributed by atoms with Gasteiger partial charge in [0.1, 0.15) is 11.3 Å². The third-order valence-corrected chi connectivity index (χ3v) is 4.27. The minimum Gasteiger partial charge on any atom is -0.465 e. The van der Waals surface area contributed by atoms with Crippen molar-refractivity contribution in [1.29, 1.82) is 0 Å². The summed E-state index contributed by atoms with van der Waals surface area (Å²) < 4.78 is 7.35. The van der Waals surface area contributed by atoms with Crippen LogP contribution in [0.3, 0.4) is 0 Å². The Morgan fingerprint density at radius 3 is 2.68 bits per heavy atom. The van der Waals surface area contributed by atoms with Crippen molar-refractivity contribution in [3.05, 3.63) is 63.5 Å². The summed E-state index contributed by atoms with van der Waals surface area (Å²) in [6.07, 6.45) is 1.80. The molecule has 0 aliphatic heterocycles. The first kappa shape index (κ1) is 17.2. The molecular formula is C18H16BrN3O3. The lowest BCUT2D eigenvalue weighted by molar-refractivity contribution is 0.0602. The Labute approximate surface area is 153 Å². The predicted molar refractivity (Wildman–Crippen MR) is 98.1 cm³/mol. The maximum absolute atomic E-state index is 12.9. The number of methoxy groups -OCH3 is 1. The fraction of sp³-hybridized carbons (Fsp3) is 0.167. The van der Waals surface area contributed by atoms with E-state index in [1.807, 2.05) is 13.0 Å². The average Bonchev–Trinajstić information content (AvgIpc) is 2.91. The zero-order valence-electron chi connectivity index (χ0n) is 14.0. The number of hydrogen-bond acceptors (Lipinski definition) is 4. The lowest BCUT2D eigenvalue weighted by Gasteiger charge is -2.10. The third kappa shape index (κ3) is 3.15. The van der Waals surface area contributed by atoms with Crippen LogP contribution in [0.5, 0.6) is 0 Å². The number of amides is 1. The fourth-order valence-electron chi connectivity index (χ4n) is 2.72. The number of rotatable bonds is 3. The molecular weight excluding hydrogens is 386 g/mol. The van der Waals surface area contributed by atoms with Crippen LogP contribution in [-0.2, 0) is 4.74 Å².